The summed E-state index contributed by atoms with van der Waals surface area (Å²) >= 11 is 0. The van der Waals surface area contributed by atoms with E-state index in [4.69, 9.17) is 9.84 Å². The van der Waals surface area contributed by atoms with Gasteiger partial charge in [0.1, 0.15) is 0 Å². The van der Waals surface area contributed by atoms with Crippen LogP contribution in [0.5, 0.6) is 0 Å². The van der Waals surface area contributed by atoms with Crippen LogP contribution < -0.4 is 0 Å². The Balaban J connectivity index is 2.01. The van der Waals surface area contributed by atoms with Crippen LogP contribution in [0.3, 0.4) is 0 Å². The average Bonchev–Trinajstić information content (AvgIpc) is 2.80. The molecule has 0 aromatic carbocycles. The first kappa shape index (κ1) is 13.9. The molecule has 0 amide bonds. The minimum absolute atomic E-state index is 0.341. The molecule has 0 aromatic heterocycles. The molecule has 1 fully saturated rings. The van der Waals surface area contributed by atoms with Crippen LogP contribution in [0.25, 0.3) is 0 Å². The standard InChI is InChI=1S/C13H27NO2/c1-2-14(9-5-3-4-6-10-15)12-13-8-7-11-16-13/h13,15H,2-12H2,1H3. The van der Waals surface area contributed by atoms with Crippen LogP contribution in [0.4, 0.5) is 0 Å². The van der Waals surface area contributed by atoms with Crippen molar-refractivity contribution in [2.45, 2.75) is 51.6 Å². The van der Waals surface area contributed by atoms with Crippen molar-refractivity contribution in [1.29, 1.82) is 0 Å². The molecular weight excluding hydrogens is 202 g/mol. The van der Waals surface area contributed by atoms with Gasteiger partial charge in [-0.1, -0.05) is 19.8 Å². The molecule has 1 atom stereocenters. The fourth-order valence-corrected chi connectivity index (χ4v) is 2.26. The molecule has 1 rings (SSSR count). The van der Waals surface area contributed by atoms with Crippen molar-refractivity contribution in [2.75, 3.05) is 32.8 Å². The monoisotopic (exact) mass is 229 g/mol. The minimum atomic E-state index is 0.341. The van der Waals surface area contributed by atoms with Gasteiger partial charge in [0.25, 0.3) is 0 Å². The van der Waals surface area contributed by atoms with E-state index < -0.39 is 0 Å². The number of ether oxygens (including phenoxy) is 1. The number of hydrogen-bond acceptors (Lipinski definition) is 3. The minimum Gasteiger partial charge on any atom is -0.396 e. The molecule has 3 heteroatoms. The zero-order chi connectivity index (χ0) is 11.6. The molecule has 0 bridgehead atoms. The van der Waals surface area contributed by atoms with Gasteiger partial charge in [-0.05, 0) is 38.8 Å². The predicted octanol–water partition coefficient (Wildman–Crippen LogP) is 2.04. The quantitative estimate of drug-likeness (QED) is 0.614. The Hall–Kier alpha value is -0.120. The zero-order valence-corrected chi connectivity index (χ0v) is 10.7. The molecule has 0 saturated carbocycles. The molecule has 0 radical (unpaired) electrons. The first-order chi connectivity index (χ1) is 7.86. The summed E-state index contributed by atoms with van der Waals surface area (Å²) in [5.74, 6) is 0. The molecule has 1 aliphatic rings. The Kier molecular flexibility index (Phi) is 7.81. The van der Waals surface area contributed by atoms with Gasteiger partial charge in [-0.15, -0.1) is 0 Å². The first-order valence-corrected chi connectivity index (χ1v) is 6.81. The van der Waals surface area contributed by atoms with E-state index in [0.717, 1.165) is 32.5 Å². The van der Waals surface area contributed by atoms with Gasteiger partial charge in [-0.2, -0.15) is 0 Å². The summed E-state index contributed by atoms with van der Waals surface area (Å²) in [6.07, 6.45) is 7.56. The fourth-order valence-electron chi connectivity index (χ4n) is 2.26. The molecule has 1 saturated heterocycles. The third-order valence-corrected chi connectivity index (χ3v) is 3.32. The van der Waals surface area contributed by atoms with Crippen LogP contribution in [-0.2, 0) is 4.74 Å². The summed E-state index contributed by atoms with van der Waals surface area (Å²) in [5.41, 5.74) is 0. The van der Waals surface area contributed by atoms with Crippen LogP contribution in [-0.4, -0.2) is 49.0 Å². The summed E-state index contributed by atoms with van der Waals surface area (Å²) in [4.78, 5) is 2.49. The number of aliphatic hydroxyl groups is 1. The van der Waals surface area contributed by atoms with Crippen molar-refractivity contribution >= 4 is 0 Å². The van der Waals surface area contributed by atoms with Crippen molar-refractivity contribution in [3.63, 3.8) is 0 Å². The molecule has 1 heterocycles. The maximum Gasteiger partial charge on any atom is 0.0702 e. The number of aliphatic hydroxyl groups excluding tert-OH is 1. The van der Waals surface area contributed by atoms with Crippen molar-refractivity contribution in [3.8, 4) is 0 Å². The normalized spacial score (nSPS) is 20.8. The first-order valence-electron chi connectivity index (χ1n) is 6.81. The van der Waals surface area contributed by atoms with E-state index in [0.29, 0.717) is 12.7 Å². The molecule has 96 valence electrons. The number of nitrogens with zero attached hydrogens (tertiary/aromatic N) is 1. The Labute approximate surface area is 99.8 Å². The van der Waals surface area contributed by atoms with Crippen LogP contribution in [0, 0.1) is 0 Å². The van der Waals surface area contributed by atoms with Gasteiger partial charge in [-0.25, -0.2) is 0 Å². The number of hydrogen-bond donors (Lipinski definition) is 1. The summed E-state index contributed by atoms with van der Waals surface area (Å²) in [6, 6.07) is 0. The number of unbranched alkanes of at least 4 members (excludes halogenated alkanes) is 3. The highest BCUT2D eigenvalue weighted by atomic mass is 16.5. The van der Waals surface area contributed by atoms with Gasteiger partial charge in [0.05, 0.1) is 6.10 Å². The molecular formula is C13H27NO2. The average molecular weight is 229 g/mol. The second-order valence-electron chi connectivity index (χ2n) is 4.67. The highest BCUT2D eigenvalue weighted by Gasteiger charge is 2.17. The topological polar surface area (TPSA) is 32.7 Å². The molecule has 0 aliphatic carbocycles. The number of likely N-dealkylation sites (N-methyl/N-ethyl adjacent to an activating group) is 1. The lowest BCUT2D eigenvalue weighted by Gasteiger charge is -2.23. The summed E-state index contributed by atoms with van der Waals surface area (Å²) in [5, 5.41) is 8.68. The van der Waals surface area contributed by atoms with Crippen LogP contribution in [0.1, 0.15) is 45.4 Å². The Morgan fingerprint density at radius 1 is 1.25 bits per heavy atom. The maximum atomic E-state index is 8.68. The Bertz CT molecular complexity index is 158. The molecule has 0 aromatic rings. The molecule has 1 aliphatic heterocycles. The molecule has 3 nitrogen and oxygen atoms in total. The van der Waals surface area contributed by atoms with Gasteiger partial charge < -0.3 is 14.7 Å². The molecule has 1 N–H and O–H groups in total. The van der Waals surface area contributed by atoms with Crippen LogP contribution >= 0.6 is 0 Å². The van der Waals surface area contributed by atoms with Crippen LogP contribution in [0.2, 0.25) is 0 Å². The summed E-state index contributed by atoms with van der Waals surface area (Å²) in [6.45, 7) is 6.94. The SMILES string of the molecule is CCN(CCCCCCO)CC1CCCO1. The van der Waals surface area contributed by atoms with Crippen LogP contribution in [0.15, 0.2) is 0 Å². The zero-order valence-electron chi connectivity index (χ0n) is 10.7. The second-order valence-corrected chi connectivity index (χ2v) is 4.67. The maximum absolute atomic E-state index is 8.68. The number of rotatable bonds is 9. The van der Waals surface area contributed by atoms with Gasteiger partial charge >= 0.3 is 0 Å². The highest BCUT2D eigenvalue weighted by Crippen LogP contribution is 2.13. The van der Waals surface area contributed by atoms with E-state index in [1.807, 2.05) is 0 Å². The molecule has 16 heavy (non-hydrogen) atoms. The highest BCUT2D eigenvalue weighted by molar-refractivity contribution is 4.69. The van der Waals surface area contributed by atoms with Gasteiger partial charge in [0, 0.05) is 19.8 Å². The lowest BCUT2D eigenvalue weighted by atomic mass is 10.2. The third kappa shape index (κ3) is 5.83. The van der Waals surface area contributed by atoms with Crippen molar-refractivity contribution < 1.29 is 9.84 Å². The second kappa shape index (κ2) is 8.97. The predicted molar refractivity (Wildman–Crippen MR) is 66.6 cm³/mol. The van der Waals surface area contributed by atoms with Gasteiger partial charge in [-0.3, -0.25) is 0 Å². The van der Waals surface area contributed by atoms with E-state index in [9.17, 15) is 0 Å². The van der Waals surface area contributed by atoms with E-state index in [1.165, 1.54) is 32.2 Å². The van der Waals surface area contributed by atoms with Gasteiger partial charge in [0.2, 0.25) is 0 Å². The smallest absolute Gasteiger partial charge is 0.0702 e. The van der Waals surface area contributed by atoms with Crippen molar-refractivity contribution in [1.82, 2.24) is 4.90 Å². The molecule has 0 spiro atoms. The van der Waals surface area contributed by atoms with Gasteiger partial charge in [0.15, 0.2) is 0 Å². The summed E-state index contributed by atoms with van der Waals surface area (Å²) < 4.78 is 5.66. The van der Waals surface area contributed by atoms with E-state index >= 15 is 0 Å². The van der Waals surface area contributed by atoms with E-state index in [-0.39, 0.29) is 0 Å². The largest absolute Gasteiger partial charge is 0.396 e. The fraction of sp³-hybridized carbons (Fsp3) is 1.00. The van der Waals surface area contributed by atoms with Crippen molar-refractivity contribution in [2.24, 2.45) is 0 Å². The van der Waals surface area contributed by atoms with Crippen molar-refractivity contribution in [3.05, 3.63) is 0 Å². The lowest BCUT2D eigenvalue weighted by Crippen LogP contribution is -2.32. The third-order valence-electron chi connectivity index (χ3n) is 3.32. The Morgan fingerprint density at radius 2 is 2.06 bits per heavy atom. The molecule has 1 unspecified atom stereocenters. The van der Waals surface area contributed by atoms with E-state index in [1.54, 1.807) is 0 Å². The summed E-state index contributed by atoms with van der Waals surface area (Å²) in [7, 11) is 0. The Morgan fingerprint density at radius 3 is 2.69 bits per heavy atom. The lowest BCUT2D eigenvalue weighted by molar-refractivity contribution is 0.0742. The van der Waals surface area contributed by atoms with E-state index in [2.05, 4.69) is 11.8 Å².